The summed E-state index contributed by atoms with van der Waals surface area (Å²) in [4.78, 5) is 3.14. The van der Waals surface area contributed by atoms with Crippen LogP contribution in [0.3, 0.4) is 0 Å². The van der Waals surface area contributed by atoms with Gasteiger partial charge in [0.25, 0.3) is 0 Å². The van der Waals surface area contributed by atoms with E-state index < -0.39 is 29.3 Å². The molecule has 0 saturated carbocycles. The minimum absolute atomic E-state index is 0.0901. The van der Waals surface area contributed by atoms with E-state index in [0.717, 1.165) is 10.9 Å². The number of hydrogen-bond acceptors (Lipinski definition) is 3. The van der Waals surface area contributed by atoms with Gasteiger partial charge >= 0.3 is 0 Å². The van der Waals surface area contributed by atoms with Gasteiger partial charge in [-0.2, -0.15) is 0 Å². The van der Waals surface area contributed by atoms with Crippen LogP contribution < -0.4 is 10.6 Å². The van der Waals surface area contributed by atoms with Gasteiger partial charge in [-0.05, 0) is 39.3 Å². The molecule has 30 heavy (non-hydrogen) atoms. The molecule has 4 nitrogen and oxygen atoms in total. The maximum Gasteiger partial charge on any atom is 0.140 e. The highest BCUT2D eigenvalue weighted by atomic mass is 19.1. The van der Waals surface area contributed by atoms with Gasteiger partial charge in [0.1, 0.15) is 11.6 Å². The summed E-state index contributed by atoms with van der Waals surface area (Å²) in [5.74, 6) is -1.30. The second-order valence-corrected chi connectivity index (χ2v) is 8.45. The average molecular weight is 411 g/mol. The highest BCUT2D eigenvalue weighted by Crippen LogP contribution is 2.44. The van der Waals surface area contributed by atoms with Gasteiger partial charge in [0.05, 0.1) is 28.8 Å². The second-order valence-electron chi connectivity index (χ2n) is 8.45. The smallest absolute Gasteiger partial charge is 0.140 e. The minimum Gasteiger partial charge on any atom is -0.389 e. The zero-order valence-electron chi connectivity index (χ0n) is 17.6. The number of aryl methyl sites for hydroxylation is 1. The van der Waals surface area contributed by atoms with Gasteiger partial charge in [-0.25, -0.2) is 8.78 Å². The van der Waals surface area contributed by atoms with Crippen molar-refractivity contribution in [1.29, 1.82) is 0 Å². The zero-order valence-corrected chi connectivity index (χ0v) is 17.6. The molecule has 1 aliphatic heterocycles. The Morgan fingerprint density at radius 1 is 1.27 bits per heavy atom. The number of hydrogen-bond donors (Lipinski definition) is 4. The van der Waals surface area contributed by atoms with Gasteiger partial charge < -0.3 is 20.7 Å². The number of aliphatic hydroxyl groups excluding tert-OH is 1. The Labute approximate surface area is 175 Å². The predicted molar refractivity (Wildman–Crippen MR) is 118 cm³/mol. The molecule has 4 N–H and O–H groups in total. The summed E-state index contributed by atoms with van der Waals surface area (Å²) in [5, 5.41) is 18.2. The fourth-order valence-electron chi connectivity index (χ4n) is 4.31. The Kier molecular flexibility index (Phi) is 5.16. The first kappa shape index (κ1) is 20.6. The molecule has 6 heteroatoms. The van der Waals surface area contributed by atoms with E-state index in [1.54, 1.807) is 12.1 Å². The lowest BCUT2D eigenvalue weighted by molar-refractivity contribution is 0.0684. The van der Waals surface area contributed by atoms with Gasteiger partial charge in [0, 0.05) is 34.9 Å². The summed E-state index contributed by atoms with van der Waals surface area (Å²) in [6.45, 7) is 7.94. The van der Waals surface area contributed by atoms with Crippen LogP contribution in [-0.2, 0) is 0 Å². The maximum absolute atomic E-state index is 16.0. The molecule has 0 spiro atoms. The molecule has 2 atom stereocenters. The first-order chi connectivity index (χ1) is 14.3. The van der Waals surface area contributed by atoms with E-state index in [2.05, 4.69) is 15.6 Å². The zero-order chi connectivity index (χ0) is 21.6. The van der Waals surface area contributed by atoms with Crippen LogP contribution >= 0.6 is 0 Å². The number of para-hydroxylation sites is 1. The van der Waals surface area contributed by atoms with Crippen LogP contribution in [-0.4, -0.2) is 28.3 Å². The molecule has 1 aliphatic rings. The molecule has 158 valence electrons. The first-order valence-corrected chi connectivity index (χ1v) is 10.2. The number of halogens is 2. The molecule has 2 aromatic carbocycles. The number of aliphatic hydroxyl groups is 1. The van der Waals surface area contributed by atoms with Crippen molar-refractivity contribution in [3.8, 4) is 11.1 Å². The van der Waals surface area contributed by atoms with Crippen LogP contribution in [0.2, 0.25) is 0 Å². The molecule has 1 aromatic heterocycles. The quantitative estimate of drug-likeness (QED) is 0.447. The summed E-state index contributed by atoms with van der Waals surface area (Å²) in [6.07, 6.45) is 4.70. The van der Waals surface area contributed by atoms with Crippen LogP contribution in [0.15, 0.2) is 42.6 Å². The van der Waals surface area contributed by atoms with Crippen molar-refractivity contribution in [2.75, 3.05) is 11.9 Å². The highest BCUT2D eigenvalue weighted by molar-refractivity contribution is 5.96. The van der Waals surface area contributed by atoms with Crippen molar-refractivity contribution >= 4 is 16.6 Å². The maximum atomic E-state index is 16.0. The van der Waals surface area contributed by atoms with Crippen LogP contribution in [0.4, 0.5) is 14.5 Å². The summed E-state index contributed by atoms with van der Waals surface area (Å²) < 4.78 is 31.2. The lowest BCUT2D eigenvalue weighted by atomic mass is 9.81. The van der Waals surface area contributed by atoms with E-state index in [1.165, 1.54) is 6.07 Å². The number of H-pyrrole nitrogens is 1. The van der Waals surface area contributed by atoms with Crippen molar-refractivity contribution in [3.05, 3.63) is 65.4 Å². The molecular formula is C24H27F2N3O. The third kappa shape index (κ3) is 3.20. The summed E-state index contributed by atoms with van der Waals surface area (Å²) in [6, 6.07) is 6.09. The number of aromatic nitrogens is 1. The van der Waals surface area contributed by atoms with Gasteiger partial charge in [-0.3, -0.25) is 0 Å². The third-order valence-electron chi connectivity index (χ3n) is 5.96. The third-order valence-corrected chi connectivity index (χ3v) is 5.96. The van der Waals surface area contributed by atoms with E-state index in [0.29, 0.717) is 23.3 Å². The number of aromatic amines is 1. The summed E-state index contributed by atoms with van der Waals surface area (Å²) >= 11 is 0. The molecule has 0 aliphatic carbocycles. The number of fused-ring (bicyclic) bond motifs is 2. The van der Waals surface area contributed by atoms with Crippen LogP contribution in [0.5, 0.6) is 0 Å². The van der Waals surface area contributed by atoms with Gasteiger partial charge in [0.2, 0.25) is 0 Å². The normalized spacial score (nSPS) is 20.5. The standard InChI is InChI=1S/C24H27F2N3O/c1-5-6-10-27-22-19-17(29-24(3,4)23(22)30)11-16(25)18(20(19)26)15-9-7-8-14-13(2)12-28-21(14)15/h5-9,11-12,22-23,27-30H,10H2,1-4H3/b6-5+/t22-,23?/m0/s1. The Morgan fingerprint density at radius 2 is 2.03 bits per heavy atom. The molecule has 2 heterocycles. The van der Waals surface area contributed by atoms with E-state index >= 15 is 8.78 Å². The second kappa shape index (κ2) is 7.52. The van der Waals surface area contributed by atoms with Crippen LogP contribution in [0.1, 0.15) is 37.9 Å². The van der Waals surface area contributed by atoms with Crippen LogP contribution in [0.25, 0.3) is 22.0 Å². The highest BCUT2D eigenvalue weighted by Gasteiger charge is 2.43. The fraction of sp³-hybridized carbons (Fsp3) is 0.333. The predicted octanol–water partition coefficient (Wildman–Crippen LogP) is 5.19. The molecule has 1 unspecified atom stereocenters. The molecule has 0 bridgehead atoms. The van der Waals surface area contributed by atoms with Crippen molar-refractivity contribution in [2.45, 2.75) is 45.4 Å². The Bertz CT molecular complexity index is 1130. The van der Waals surface area contributed by atoms with Crippen molar-refractivity contribution in [2.24, 2.45) is 0 Å². The lowest BCUT2D eigenvalue weighted by Crippen LogP contribution is -2.54. The van der Waals surface area contributed by atoms with Crippen molar-refractivity contribution < 1.29 is 13.9 Å². The topological polar surface area (TPSA) is 60.1 Å². The minimum atomic E-state index is -0.911. The lowest BCUT2D eigenvalue weighted by Gasteiger charge is -2.44. The average Bonchev–Trinajstić information content (AvgIpc) is 3.07. The van der Waals surface area contributed by atoms with Crippen LogP contribution in [0, 0.1) is 18.6 Å². The van der Waals surface area contributed by atoms with E-state index in [-0.39, 0.29) is 11.1 Å². The first-order valence-electron chi connectivity index (χ1n) is 10.2. The van der Waals surface area contributed by atoms with E-state index in [1.807, 2.05) is 52.1 Å². The molecule has 0 fully saturated rings. The Morgan fingerprint density at radius 3 is 2.77 bits per heavy atom. The summed E-state index contributed by atoms with van der Waals surface area (Å²) in [5.41, 5.74) is 1.93. The Hall–Kier alpha value is -2.70. The molecule has 4 rings (SSSR count). The number of anilines is 1. The molecule has 0 radical (unpaired) electrons. The Balaban J connectivity index is 1.94. The van der Waals surface area contributed by atoms with Gasteiger partial charge in [-0.15, -0.1) is 0 Å². The fourth-order valence-corrected chi connectivity index (χ4v) is 4.31. The number of benzene rings is 2. The number of allylic oxidation sites excluding steroid dienone is 1. The monoisotopic (exact) mass is 411 g/mol. The number of nitrogens with one attached hydrogen (secondary N) is 3. The summed E-state index contributed by atoms with van der Waals surface area (Å²) in [7, 11) is 0. The molecule has 0 saturated heterocycles. The van der Waals surface area contributed by atoms with E-state index in [9.17, 15) is 5.11 Å². The largest absolute Gasteiger partial charge is 0.389 e. The van der Waals surface area contributed by atoms with Gasteiger partial charge in [-0.1, -0.05) is 30.4 Å². The van der Waals surface area contributed by atoms with E-state index in [4.69, 9.17) is 0 Å². The van der Waals surface area contributed by atoms with Gasteiger partial charge in [0.15, 0.2) is 0 Å². The van der Waals surface area contributed by atoms with Crippen molar-refractivity contribution in [3.63, 3.8) is 0 Å². The molecule has 0 amide bonds. The SMILES string of the molecule is C/C=C/CN[C@H]1c2c(cc(F)c(-c3cccc4c(C)c[nH]c34)c2F)NC(C)(C)C1O. The molecule has 3 aromatic rings. The molecular weight excluding hydrogens is 384 g/mol. The van der Waals surface area contributed by atoms with Crippen molar-refractivity contribution in [1.82, 2.24) is 10.3 Å². The number of rotatable bonds is 4.